The van der Waals surface area contributed by atoms with Gasteiger partial charge in [-0.3, -0.25) is 9.52 Å². The highest BCUT2D eigenvalue weighted by molar-refractivity contribution is 7.93. The van der Waals surface area contributed by atoms with Crippen LogP contribution in [0.5, 0.6) is 5.75 Å². The predicted molar refractivity (Wildman–Crippen MR) is 116 cm³/mol. The molecule has 6 nitrogen and oxygen atoms in total. The van der Waals surface area contributed by atoms with E-state index in [9.17, 15) is 31.5 Å². The lowest BCUT2D eigenvalue weighted by Crippen LogP contribution is -2.15. The Kier molecular flexibility index (Phi) is 6.65. The highest BCUT2D eigenvalue weighted by Gasteiger charge is 2.29. The van der Waals surface area contributed by atoms with E-state index < -0.39 is 32.9 Å². The number of sulfonamides is 1. The maximum absolute atomic E-state index is 12.7. The Labute approximate surface area is 186 Å². The largest absolute Gasteiger partial charge is 0.506 e. The van der Waals surface area contributed by atoms with Crippen molar-refractivity contribution >= 4 is 38.9 Å². The van der Waals surface area contributed by atoms with Crippen LogP contribution >= 0.6 is 11.6 Å². The highest BCUT2D eigenvalue weighted by atomic mass is 35.5. The van der Waals surface area contributed by atoms with Crippen LogP contribution in [0.2, 0.25) is 0 Å². The zero-order chi connectivity index (χ0) is 23.5. The minimum Gasteiger partial charge on any atom is -0.506 e. The summed E-state index contributed by atoms with van der Waals surface area (Å²) in [6.45, 7) is 0. The Morgan fingerprint density at radius 1 is 0.938 bits per heavy atom. The number of amides is 1. The van der Waals surface area contributed by atoms with E-state index in [1.807, 2.05) is 0 Å². The van der Waals surface area contributed by atoms with E-state index in [0.29, 0.717) is 11.1 Å². The number of hydrogen-bond acceptors (Lipinski definition) is 4. The predicted octanol–water partition coefficient (Wildman–Crippen LogP) is 5.27. The van der Waals surface area contributed by atoms with Gasteiger partial charge in [0.2, 0.25) is 10.0 Å². The number of carbonyl (C=O) groups is 1. The van der Waals surface area contributed by atoms with E-state index in [2.05, 4.69) is 10.0 Å². The first-order chi connectivity index (χ1) is 15.0. The fourth-order valence-corrected chi connectivity index (χ4v) is 3.48. The molecular formula is C21H16ClF3N2O4S. The number of nitrogens with one attached hydrogen (secondary N) is 2. The molecule has 0 saturated carbocycles. The van der Waals surface area contributed by atoms with Crippen molar-refractivity contribution in [1.82, 2.24) is 0 Å². The summed E-state index contributed by atoms with van der Waals surface area (Å²) in [5.74, 6) is -0.863. The molecule has 168 valence electrons. The molecule has 3 aromatic rings. The summed E-state index contributed by atoms with van der Waals surface area (Å²) in [7, 11) is -3.85. The van der Waals surface area contributed by atoms with Gasteiger partial charge in [0.25, 0.3) is 5.91 Å². The number of rotatable bonds is 6. The van der Waals surface area contributed by atoms with E-state index in [1.54, 1.807) is 12.1 Å². The van der Waals surface area contributed by atoms with Gasteiger partial charge in [0, 0.05) is 11.3 Å². The molecule has 0 radical (unpaired) electrons. The second kappa shape index (κ2) is 9.09. The molecule has 1 amide bonds. The minimum atomic E-state index is -4.42. The Bertz CT molecular complexity index is 1230. The van der Waals surface area contributed by atoms with Gasteiger partial charge in [0.1, 0.15) is 11.0 Å². The second-order valence-corrected chi connectivity index (χ2v) is 8.97. The zero-order valence-electron chi connectivity index (χ0n) is 16.2. The number of alkyl halides is 4. The zero-order valence-corrected chi connectivity index (χ0v) is 17.7. The fourth-order valence-electron chi connectivity index (χ4n) is 2.76. The number of phenolic OH excluding ortho intramolecular Hbond substituents is 1. The first kappa shape index (κ1) is 23.4. The Morgan fingerprint density at radius 3 is 2.03 bits per heavy atom. The smallest absolute Gasteiger partial charge is 0.416 e. The van der Waals surface area contributed by atoms with Crippen LogP contribution in [0.15, 0.2) is 66.7 Å². The average molecular weight is 485 g/mol. The lowest BCUT2D eigenvalue weighted by Gasteiger charge is -2.11. The Balaban J connectivity index is 1.74. The normalized spacial score (nSPS) is 11.8. The first-order valence-corrected chi connectivity index (χ1v) is 11.2. The lowest BCUT2D eigenvalue weighted by atomic mass is 10.0. The number of benzene rings is 3. The summed E-state index contributed by atoms with van der Waals surface area (Å²) in [4.78, 5) is 12.5. The lowest BCUT2D eigenvalue weighted by molar-refractivity contribution is -0.137. The summed E-state index contributed by atoms with van der Waals surface area (Å²) in [6, 6.07) is 14.7. The number of halogens is 4. The summed E-state index contributed by atoms with van der Waals surface area (Å²) in [6.07, 6.45) is -4.42. The molecule has 3 N–H and O–H groups in total. The molecule has 0 bridgehead atoms. The number of anilines is 2. The van der Waals surface area contributed by atoms with Gasteiger partial charge in [-0.15, -0.1) is 11.6 Å². The fraction of sp³-hybridized carbons (Fsp3) is 0.0952. The molecule has 0 saturated heterocycles. The van der Waals surface area contributed by atoms with Gasteiger partial charge >= 0.3 is 6.18 Å². The minimum absolute atomic E-state index is 0.152. The third-order valence-electron chi connectivity index (χ3n) is 4.36. The molecule has 0 fully saturated rings. The Hall–Kier alpha value is -3.24. The van der Waals surface area contributed by atoms with Crippen molar-refractivity contribution in [1.29, 1.82) is 0 Å². The summed E-state index contributed by atoms with van der Waals surface area (Å²) in [5, 5.41) is 11.7. The number of aromatic hydroxyl groups is 1. The van der Waals surface area contributed by atoms with Gasteiger partial charge < -0.3 is 10.4 Å². The van der Waals surface area contributed by atoms with Gasteiger partial charge in [-0.05, 0) is 53.6 Å². The standard InChI is InChI=1S/C21H16ClF3N2O4S/c22-12-32(30,31)27-18-11-17(9-10-19(18)28)26-20(29)15-3-1-13(2-4-15)14-5-7-16(8-6-14)21(23,24)25/h1-11,27-28H,12H2,(H,26,29). The van der Waals surface area contributed by atoms with E-state index in [4.69, 9.17) is 11.6 Å². The molecule has 3 rings (SSSR count). The molecule has 0 aliphatic carbocycles. The molecule has 0 spiro atoms. The van der Waals surface area contributed by atoms with Gasteiger partial charge in [0.15, 0.2) is 0 Å². The van der Waals surface area contributed by atoms with Gasteiger partial charge in [-0.1, -0.05) is 24.3 Å². The maximum atomic E-state index is 12.7. The van der Waals surface area contributed by atoms with Crippen molar-refractivity contribution in [3.8, 4) is 16.9 Å². The highest BCUT2D eigenvalue weighted by Crippen LogP contribution is 2.31. The van der Waals surface area contributed by atoms with E-state index >= 15 is 0 Å². The molecule has 0 aromatic heterocycles. The summed E-state index contributed by atoms with van der Waals surface area (Å²) in [5.41, 5.74) is 0.751. The van der Waals surface area contributed by atoms with Crippen LogP contribution < -0.4 is 10.0 Å². The quantitative estimate of drug-likeness (QED) is 0.252. The second-order valence-electron chi connectivity index (χ2n) is 6.66. The van der Waals surface area contributed by atoms with Gasteiger partial charge in [0.05, 0.1) is 11.3 Å². The Morgan fingerprint density at radius 2 is 1.50 bits per heavy atom. The van der Waals surface area contributed by atoms with E-state index in [1.165, 1.54) is 42.5 Å². The maximum Gasteiger partial charge on any atom is 0.416 e. The third-order valence-corrected chi connectivity index (χ3v) is 6.04. The van der Waals surface area contributed by atoms with Crippen molar-refractivity contribution in [3.05, 3.63) is 77.9 Å². The first-order valence-electron chi connectivity index (χ1n) is 8.97. The van der Waals surface area contributed by atoms with Gasteiger partial charge in [-0.2, -0.15) is 13.2 Å². The van der Waals surface area contributed by atoms with Crippen LogP contribution in [0, 0.1) is 0 Å². The van der Waals surface area contributed by atoms with Crippen molar-refractivity contribution in [2.45, 2.75) is 6.18 Å². The van der Waals surface area contributed by atoms with E-state index in [0.717, 1.165) is 12.1 Å². The number of phenols is 1. The molecule has 0 aliphatic rings. The topological polar surface area (TPSA) is 95.5 Å². The molecule has 0 atom stereocenters. The molecule has 0 aliphatic heterocycles. The van der Waals surface area contributed by atoms with Crippen molar-refractivity contribution < 1.29 is 31.5 Å². The SMILES string of the molecule is O=C(Nc1ccc(O)c(NS(=O)(=O)CCl)c1)c1ccc(-c2ccc(C(F)(F)F)cc2)cc1. The average Bonchev–Trinajstić information content (AvgIpc) is 2.75. The summed E-state index contributed by atoms with van der Waals surface area (Å²) >= 11 is 5.33. The van der Waals surface area contributed by atoms with Crippen molar-refractivity contribution in [2.24, 2.45) is 0 Å². The van der Waals surface area contributed by atoms with E-state index in [-0.39, 0.29) is 22.7 Å². The molecule has 11 heteroatoms. The van der Waals surface area contributed by atoms with Crippen molar-refractivity contribution in [3.63, 3.8) is 0 Å². The molecule has 3 aromatic carbocycles. The molecule has 0 unspecified atom stereocenters. The number of carbonyl (C=O) groups excluding carboxylic acids is 1. The van der Waals surface area contributed by atoms with Crippen LogP contribution in [0.25, 0.3) is 11.1 Å². The molecule has 0 heterocycles. The van der Waals surface area contributed by atoms with Crippen LogP contribution in [0.3, 0.4) is 0 Å². The van der Waals surface area contributed by atoms with Crippen LogP contribution in [0.4, 0.5) is 24.5 Å². The molecule has 32 heavy (non-hydrogen) atoms. The van der Waals surface area contributed by atoms with Crippen LogP contribution in [-0.4, -0.2) is 24.6 Å². The number of hydrogen-bond donors (Lipinski definition) is 3. The molecular weight excluding hydrogens is 469 g/mol. The van der Waals surface area contributed by atoms with Crippen molar-refractivity contribution in [2.75, 3.05) is 15.3 Å². The van der Waals surface area contributed by atoms with Gasteiger partial charge in [-0.25, -0.2) is 8.42 Å². The third kappa shape index (κ3) is 5.71. The van der Waals surface area contributed by atoms with Crippen LogP contribution in [0.1, 0.15) is 15.9 Å². The summed E-state index contributed by atoms with van der Waals surface area (Å²) < 4.78 is 63.4. The monoisotopic (exact) mass is 484 g/mol. The van der Waals surface area contributed by atoms with Crippen LogP contribution in [-0.2, 0) is 16.2 Å².